The van der Waals surface area contributed by atoms with Gasteiger partial charge in [-0.15, -0.1) is 0 Å². The molecule has 0 atom stereocenters. The molecule has 0 aliphatic heterocycles. The molecule has 0 rings (SSSR count). The van der Waals surface area contributed by atoms with Crippen LogP contribution in [-0.4, -0.2) is 125 Å². The number of methoxy groups -OCH3 is 4. The number of amides is 1. The van der Waals surface area contributed by atoms with Gasteiger partial charge in [0.1, 0.15) is 31.5 Å². The number of hydrogen-bond acceptors (Lipinski definition) is 11. The molecular weight excluding hydrogens is 474 g/mol. The summed E-state index contributed by atoms with van der Waals surface area (Å²) in [7, 11) is 6.37. The second-order valence-electron chi connectivity index (χ2n) is 8.00. The van der Waals surface area contributed by atoms with E-state index in [1.54, 1.807) is 34.7 Å². The number of unbranched alkanes of at least 4 members (excludes halogenated alkanes) is 1. The molecule has 1 amide bonds. The Labute approximate surface area is 215 Å². The van der Waals surface area contributed by atoms with Gasteiger partial charge in [-0.3, -0.25) is 4.79 Å². The van der Waals surface area contributed by atoms with Gasteiger partial charge in [-0.2, -0.15) is 0 Å². The molecule has 0 fully saturated rings. The fourth-order valence-corrected chi connectivity index (χ4v) is 2.79. The van der Waals surface area contributed by atoms with Crippen LogP contribution in [0.3, 0.4) is 0 Å². The van der Waals surface area contributed by atoms with E-state index >= 15 is 0 Å². The Morgan fingerprint density at radius 3 is 1.83 bits per heavy atom. The van der Waals surface area contributed by atoms with Crippen LogP contribution in [0.25, 0.3) is 0 Å². The molecule has 12 nitrogen and oxygen atoms in total. The largest absolute Gasteiger partial charge is 0.396 e. The van der Waals surface area contributed by atoms with Crippen molar-refractivity contribution in [3.63, 3.8) is 0 Å². The van der Waals surface area contributed by atoms with E-state index in [1.165, 1.54) is 0 Å². The van der Waals surface area contributed by atoms with Crippen molar-refractivity contribution in [1.82, 2.24) is 10.6 Å². The number of rotatable bonds is 26. The predicted octanol–water partition coefficient (Wildman–Crippen LogP) is 0.750. The van der Waals surface area contributed by atoms with Crippen LogP contribution >= 0.6 is 0 Å². The van der Waals surface area contributed by atoms with Crippen LogP contribution in [0.4, 0.5) is 0 Å². The summed E-state index contributed by atoms with van der Waals surface area (Å²) in [4.78, 5) is 17.4. The SMILES string of the molecule is C=C(C)NC/C=N\OCCCCNC(=O)COC(COC(COC)COC)COC(COC)COC. The summed E-state index contributed by atoms with van der Waals surface area (Å²) >= 11 is 0. The first-order chi connectivity index (χ1) is 17.5. The van der Waals surface area contributed by atoms with Crippen molar-refractivity contribution in [1.29, 1.82) is 0 Å². The molecule has 0 aromatic rings. The number of oxime groups is 1. The molecule has 0 aromatic carbocycles. The molecule has 212 valence electrons. The number of hydrogen-bond donors (Lipinski definition) is 2. The van der Waals surface area contributed by atoms with Gasteiger partial charge in [0.15, 0.2) is 0 Å². The Morgan fingerprint density at radius 2 is 1.33 bits per heavy atom. The Bertz CT molecular complexity index is 535. The van der Waals surface area contributed by atoms with Crippen molar-refractivity contribution in [2.24, 2.45) is 5.16 Å². The lowest BCUT2D eigenvalue weighted by Crippen LogP contribution is -2.37. The molecule has 12 heteroatoms. The highest BCUT2D eigenvalue weighted by atomic mass is 16.6. The Kier molecular flexibility index (Phi) is 23.6. The zero-order valence-corrected chi connectivity index (χ0v) is 22.6. The fraction of sp³-hybridized carbons (Fsp3) is 0.833. The first-order valence-corrected chi connectivity index (χ1v) is 12.1. The number of carbonyl (C=O) groups is 1. The van der Waals surface area contributed by atoms with Crippen molar-refractivity contribution < 1.29 is 42.8 Å². The second kappa shape index (κ2) is 24.9. The summed E-state index contributed by atoms with van der Waals surface area (Å²) in [6, 6.07) is 0. The summed E-state index contributed by atoms with van der Waals surface area (Å²) in [5.74, 6) is -0.222. The molecule has 0 heterocycles. The summed E-state index contributed by atoms with van der Waals surface area (Å²) in [5, 5.41) is 9.69. The Balaban J connectivity index is 4.37. The van der Waals surface area contributed by atoms with Crippen LogP contribution < -0.4 is 10.6 Å². The third kappa shape index (κ3) is 21.5. The van der Waals surface area contributed by atoms with Gasteiger partial charge in [0.2, 0.25) is 5.91 Å². The predicted molar refractivity (Wildman–Crippen MR) is 136 cm³/mol. The molecule has 0 radical (unpaired) electrons. The number of nitrogens with one attached hydrogen (secondary N) is 2. The van der Waals surface area contributed by atoms with Crippen LogP contribution in [0, 0.1) is 0 Å². The lowest BCUT2D eigenvalue weighted by Gasteiger charge is -2.24. The van der Waals surface area contributed by atoms with Crippen molar-refractivity contribution in [3.8, 4) is 0 Å². The van der Waals surface area contributed by atoms with E-state index in [0.717, 1.165) is 18.5 Å². The van der Waals surface area contributed by atoms with Gasteiger partial charge in [-0.05, 0) is 19.8 Å². The number of nitrogens with zero attached hydrogens (tertiary/aromatic N) is 1. The van der Waals surface area contributed by atoms with Gasteiger partial charge in [-0.25, -0.2) is 0 Å². The topological polar surface area (TPSA) is 127 Å². The third-order valence-electron chi connectivity index (χ3n) is 4.52. The average Bonchev–Trinajstić information content (AvgIpc) is 2.84. The van der Waals surface area contributed by atoms with Gasteiger partial charge in [0.05, 0.1) is 52.4 Å². The molecular formula is C24H47N3O9. The van der Waals surface area contributed by atoms with E-state index in [0.29, 0.717) is 46.1 Å². The smallest absolute Gasteiger partial charge is 0.246 e. The minimum absolute atomic E-state index is 0.119. The van der Waals surface area contributed by atoms with Crippen LogP contribution in [-0.2, 0) is 42.8 Å². The first-order valence-electron chi connectivity index (χ1n) is 12.1. The second-order valence-corrected chi connectivity index (χ2v) is 8.00. The van der Waals surface area contributed by atoms with Crippen molar-refractivity contribution in [2.45, 2.75) is 38.1 Å². The van der Waals surface area contributed by atoms with Crippen LogP contribution in [0.15, 0.2) is 17.4 Å². The van der Waals surface area contributed by atoms with Crippen LogP contribution in [0.2, 0.25) is 0 Å². The third-order valence-corrected chi connectivity index (χ3v) is 4.52. The maximum absolute atomic E-state index is 12.2. The molecule has 0 aromatic heterocycles. The maximum atomic E-state index is 12.2. The molecule has 0 aliphatic rings. The lowest BCUT2D eigenvalue weighted by molar-refractivity contribution is -0.140. The zero-order chi connectivity index (χ0) is 26.9. The highest BCUT2D eigenvalue weighted by molar-refractivity contribution is 5.77. The van der Waals surface area contributed by atoms with Crippen molar-refractivity contribution in [3.05, 3.63) is 12.3 Å². The van der Waals surface area contributed by atoms with Gasteiger partial charge < -0.3 is 48.6 Å². The number of allylic oxidation sites excluding steroid dienone is 1. The molecule has 0 saturated carbocycles. The van der Waals surface area contributed by atoms with E-state index in [2.05, 4.69) is 22.4 Å². The van der Waals surface area contributed by atoms with E-state index in [9.17, 15) is 4.79 Å². The first kappa shape index (κ1) is 34.2. The Hall–Kier alpha value is -1.80. The molecule has 0 unspecified atom stereocenters. The molecule has 0 aliphatic carbocycles. The Morgan fingerprint density at radius 1 is 0.806 bits per heavy atom. The molecule has 0 bridgehead atoms. The normalized spacial score (nSPS) is 11.7. The number of carbonyl (C=O) groups excluding carboxylic acids is 1. The van der Waals surface area contributed by atoms with Crippen LogP contribution in [0.1, 0.15) is 19.8 Å². The molecule has 36 heavy (non-hydrogen) atoms. The summed E-state index contributed by atoms with van der Waals surface area (Å²) in [5.41, 5.74) is 0.871. The van der Waals surface area contributed by atoms with Gasteiger partial charge in [-0.1, -0.05) is 11.7 Å². The molecule has 0 saturated heterocycles. The van der Waals surface area contributed by atoms with Crippen molar-refractivity contribution >= 4 is 12.1 Å². The van der Waals surface area contributed by atoms with E-state index in [4.69, 9.17) is 38.0 Å². The van der Waals surface area contributed by atoms with E-state index < -0.39 is 6.10 Å². The molecule has 0 spiro atoms. The van der Waals surface area contributed by atoms with E-state index in [-0.39, 0.29) is 37.9 Å². The highest BCUT2D eigenvalue weighted by Gasteiger charge is 2.19. The summed E-state index contributed by atoms with van der Waals surface area (Å²) in [6.07, 6.45) is 2.15. The number of ether oxygens (including phenoxy) is 7. The average molecular weight is 522 g/mol. The van der Waals surface area contributed by atoms with Crippen molar-refractivity contribution in [2.75, 3.05) is 94.4 Å². The van der Waals surface area contributed by atoms with Gasteiger partial charge in [0, 0.05) is 40.7 Å². The summed E-state index contributed by atoms with van der Waals surface area (Å²) in [6.45, 7) is 8.95. The maximum Gasteiger partial charge on any atom is 0.246 e. The van der Waals surface area contributed by atoms with E-state index in [1.807, 2.05) is 6.92 Å². The lowest BCUT2D eigenvalue weighted by atomic mass is 10.3. The standard InChI is InChI=1S/C24H47N3O9/c1-20(2)25-10-11-27-36-12-8-7-9-26-24(28)19-35-23(17-33-21(13-29-3)14-30-4)18-34-22(15-31-5)16-32-6/h11,21-23,25H,1,7-10,12-19H2,2-6H3,(H,26,28)/b27-11-. The molecule has 2 N–H and O–H groups in total. The van der Waals surface area contributed by atoms with Gasteiger partial charge >= 0.3 is 0 Å². The van der Waals surface area contributed by atoms with Crippen LogP contribution in [0.5, 0.6) is 0 Å². The monoisotopic (exact) mass is 521 g/mol. The minimum Gasteiger partial charge on any atom is -0.396 e. The minimum atomic E-state index is -0.478. The summed E-state index contributed by atoms with van der Waals surface area (Å²) < 4.78 is 38.1. The quantitative estimate of drug-likeness (QED) is 0.0956. The zero-order valence-electron chi connectivity index (χ0n) is 22.6. The highest BCUT2D eigenvalue weighted by Crippen LogP contribution is 2.04. The fourth-order valence-electron chi connectivity index (χ4n) is 2.79. The van der Waals surface area contributed by atoms with Gasteiger partial charge in [0.25, 0.3) is 0 Å².